The number of nitrogens with zero attached hydrogens (tertiary/aromatic N) is 2. The number of nitrogens with two attached hydrogens (primary N) is 1. The summed E-state index contributed by atoms with van der Waals surface area (Å²) in [6, 6.07) is 5.62. The molecule has 0 aliphatic heterocycles. The van der Waals surface area contributed by atoms with E-state index in [9.17, 15) is 4.39 Å². The Labute approximate surface area is 95.9 Å². The normalized spacial score (nSPS) is 10.1. The highest BCUT2D eigenvalue weighted by Gasteiger charge is 2.04. The Morgan fingerprint density at radius 1 is 1.31 bits per heavy atom. The van der Waals surface area contributed by atoms with Crippen molar-refractivity contribution in [3.8, 4) is 11.6 Å². The van der Waals surface area contributed by atoms with Crippen molar-refractivity contribution in [2.24, 2.45) is 0 Å². The van der Waals surface area contributed by atoms with Gasteiger partial charge in [0.05, 0.1) is 5.02 Å². The van der Waals surface area contributed by atoms with Gasteiger partial charge in [0.25, 0.3) is 0 Å². The van der Waals surface area contributed by atoms with Crippen molar-refractivity contribution in [2.45, 2.75) is 0 Å². The third-order valence-electron chi connectivity index (χ3n) is 1.76. The van der Waals surface area contributed by atoms with E-state index in [-0.39, 0.29) is 16.9 Å². The molecule has 1 aromatic carbocycles. The molecule has 0 atom stereocenters. The second-order valence-corrected chi connectivity index (χ2v) is 3.34. The summed E-state index contributed by atoms with van der Waals surface area (Å²) in [4.78, 5) is 7.51. The van der Waals surface area contributed by atoms with E-state index in [2.05, 4.69) is 9.97 Å². The SMILES string of the molecule is Nc1nccc(Oc2ccc(Cl)c(F)c2)n1. The van der Waals surface area contributed by atoms with Gasteiger partial charge in [-0.2, -0.15) is 4.98 Å². The number of hydrogen-bond acceptors (Lipinski definition) is 4. The van der Waals surface area contributed by atoms with Gasteiger partial charge in [0, 0.05) is 18.3 Å². The van der Waals surface area contributed by atoms with E-state index in [4.69, 9.17) is 22.1 Å². The predicted molar refractivity (Wildman–Crippen MR) is 57.9 cm³/mol. The number of aromatic nitrogens is 2. The second-order valence-electron chi connectivity index (χ2n) is 2.93. The number of ether oxygens (including phenoxy) is 1. The third-order valence-corrected chi connectivity index (χ3v) is 2.07. The lowest BCUT2D eigenvalue weighted by Gasteiger charge is -2.04. The van der Waals surface area contributed by atoms with Gasteiger partial charge in [-0.05, 0) is 12.1 Å². The molecule has 0 aliphatic rings. The first kappa shape index (κ1) is 10.6. The summed E-state index contributed by atoms with van der Waals surface area (Å²) in [6.45, 7) is 0. The Kier molecular flexibility index (Phi) is 2.87. The zero-order valence-corrected chi connectivity index (χ0v) is 8.78. The van der Waals surface area contributed by atoms with Crippen LogP contribution in [0.1, 0.15) is 0 Å². The Balaban J connectivity index is 2.24. The number of hydrogen-bond donors (Lipinski definition) is 1. The maximum absolute atomic E-state index is 13.1. The van der Waals surface area contributed by atoms with Gasteiger partial charge < -0.3 is 10.5 Å². The second kappa shape index (κ2) is 4.32. The Morgan fingerprint density at radius 2 is 2.12 bits per heavy atom. The van der Waals surface area contributed by atoms with E-state index in [1.54, 1.807) is 0 Å². The van der Waals surface area contributed by atoms with Crippen molar-refractivity contribution in [3.63, 3.8) is 0 Å². The van der Waals surface area contributed by atoms with E-state index >= 15 is 0 Å². The van der Waals surface area contributed by atoms with Crippen molar-refractivity contribution < 1.29 is 9.13 Å². The van der Waals surface area contributed by atoms with Crippen molar-refractivity contribution in [1.82, 2.24) is 9.97 Å². The number of nitrogen functional groups attached to an aromatic ring is 1. The highest BCUT2D eigenvalue weighted by molar-refractivity contribution is 6.30. The van der Waals surface area contributed by atoms with E-state index in [0.29, 0.717) is 5.75 Å². The Bertz CT molecular complexity index is 521. The molecule has 82 valence electrons. The summed E-state index contributed by atoms with van der Waals surface area (Å²) >= 11 is 5.53. The standard InChI is InChI=1S/C10H7ClFN3O/c11-7-2-1-6(5-8(7)12)16-9-3-4-14-10(13)15-9/h1-5H,(H2,13,14,15). The molecule has 0 bridgehead atoms. The van der Waals surface area contributed by atoms with Crippen LogP contribution in [0.2, 0.25) is 5.02 Å². The number of benzene rings is 1. The van der Waals surface area contributed by atoms with Gasteiger partial charge in [0.15, 0.2) is 0 Å². The lowest BCUT2D eigenvalue weighted by molar-refractivity contribution is 0.458. The molecule has 0 fully saturated rings. The van der Waals surface area contributed by atoms with Crippen LogP contribution in [0.3, 0.4) is 0 Å². The fourth-order valence-corrected chi connectivity index (χ4v) is 1.19. The van der Waals surface area contributed by atoms with Crippen molar-refractivity contribution >= 4 is 17.5 Å². The smallest absolute Gasteiger partial charge is 0.224 e. The van der Waals surface area contributed by atoms with Crippen molar-refractivity contribution in [2.75, 3.05) is 5.73 Å². The van der Waals surface area contributed by atoms with Crippen LogP contribution in [0.4, 0.5) is 10.3 Å². The predicted octanol–water partition coefficient (Wildman–Crippen LogP) is 2.64. The molecule has 2 rings (SSSR count). The van der Waals surface area contributed by atoms with Crippen LogP contribution >= 0.6 is 11.6 Å². The molecular formula is C10H7ClFN3O. The maximum Gasteiger partial charge on any atom is 0.224 e. The molecule has 2 aromatic rings. The lowest BCUT2D eigenvalue weighted by Crippen LogP contribution is -1.96. The monoisotopic (exact) mass is 239 g/mol. The number of anilines is 1. The summed E-state index contributed by atoms with van der Waals surface area (Å²) in [6.07, 6.45) is 1.45. The minimum atomic E-state index is -0.554. The lowest BCUT2D eigenvalue weighted by atomic mass is 10.3. The molecule has 1 heterocycles. The van der Waals surface area contributed by atoms with Crippen molar-refractivity contribution in [3.05, 3.63) is 41.3 Å². The van der Waals surface area contributed by atoms with E-state index in [0.717, 1.165) is 0 Å². The quantitative estimate of drug-likeness (QED) is 0.875. The van der Waals surface area contributed by atoms with Gasteiger partial charge in [-0.15, -0.1) is 0 Å². The molecule has 2 N–H and O–H groups in total. The summed E-state index contributed by atoms with van der Waals surface area (Å²) in [5.74, 6) is 0.0716. The topological polar surface area (TPSA) is 61.0 Å². The number of halogens is 2. The third kappa shape index (κ3) is 2.38. The van der Waals surface area contributed by atoms with Crippen LogP contribution < -0.4 is 10.5 Å². The highest BCUT2D eigenvalue weighted by Crippen LogP contribution is 2.24. The Morgan fingerprint density at radius 3 is 2.81 bits per heavy atom. The molecule has 0 spiro atoms. The molecule has 4 nitrogen and oxygen atoms in total. The first-order chi connectivity index (χ1) is 7.65. The highest BCUT2D eigenvalue weighted by atomic mass is 35.5. The van der Waals surface area contributed by atoms with E-state index < -0.39 is 5.82 Å². The molecule has 0 unspecified atom stereocenters. The van der Waals surface area contributed by atoms with E-state index in [1.165, 1.54) is 30.5 Å². The van der Waals surface area contributed by atoms with Gasteiger partial charge in [0.2, 0.25) is 11.8 Å². The summed E-state index contributed by atoms with van der Waals surface area (Å²) in [5.41, 5.74) is 5.37. The first-order valence-electron chi connectivity index (χ1n) is 4.36. The van der Waals surface area contributed by atoms with Crippen LogP contribution in [0.15, 0.2) is 30.5 Å². The summed E-state index contributed by atoms with van der Waals surface area (Å²) in [5, 5.41) is 0.0366. The average molecular weight is 240 g/mol. The maximum atomic E-state index is 13.1. The Hall–Kier alpha value is -1.88. The van der Waals surface area contributed by atoms with Crippen LogP contribution in [0.5, 0.6) is 11.6 Å². The molecule has 0 aliphatic carbocycles. The molecule has 0 saturated carbocycles. The molecule has 6 heteroatoms. The van der Waals surface area contributed by atoms with Gasteiger partial charge in [-0.3, -0.25) is 0 Å². The van der Waals surface area contributed by atoms with E-state index in [1.807, 2.05) is 0 Å². The summed E-state index contributed by atoms with van der Waals surface area (Å²) in [7, 11) is 0. The van der Waals surface area contributed by atoms with Crippen LogP contribution in [-0.2, 0) is 0 Å². The van der Waals surface area contributed by atoms with Crippen LogP contribution in [-0.4, -0.2) is 9.97 Å². The van der Waals surface area contributed by atoms with Crippen LogP contribution in [0.25, 0.3) is 0 Å². The zero-order chi connectivity index (χ0) is 11.5. The molecule has 1 aromatic heterocycles. The van der Waals surface area contributed by atoms with Gasteiger partial charge >= 0.3 is 0 Å². The zero-order valence-electron chi connectivity index (χ0n) is 8.02. The van der Waals surface area contributed by atoms with Gasteiger partial charge in [0.1, 0.15) is 11.6 Å². The van der Waals surface area contributed by atoms with Gasteiger partial charge in [-0.1, -0.05) is 11.6 Å². The molecule has 0 saturated heterocycles. The average Bonchev–Trinajstić information content (AvgIpc) is 2.24. The fourth-order valence-electron chi connectivity index (χ4n) is 1.07. The molecule has 0 radical (unpaired) electrons. The molecular weight excluding hydrogens is 233 g/mol. The largest absolute Gasteiger partial charge is 0.439 e. The minimum Gasteiger partial charge on any atom is -0.439 e. The molecule has 0 amide bonds. The van der Waals surface area contributed by atoms with Crippen LogP contribution in [0, 0.1) is 5.82 Å². The molecule has 16 heavy (non-hydrogen) atoms. The van der Waals surface area contributed by atoms with Gasteiger partial charge in [-0.25, -0.2) is 9.37 Å². The first-order valence-corrected chi connectivity index (χ1v) is 4.74. The minimum absolute atomic E-state index is 0.0366. The summed E-state index contributed by atoms with van der Waals surface area (Å²) < 4.78 is 18.4. The fraction of sp³-hybridized carbons (Fsp3) is 0. The number of rotatable bonds is 2. The van der Waals surface area contributed by atoms with Crippen molar-refractivity contribution in [1.29, 1.82) is 0 Å².